The summed E-state index contributed by atoms with van der Waals surface area (Å²) in [6.45, 7) is 5.41. The van der Waals surface area contributed by atoms with Crippen LogP contribution < -0.4 is 10.6 Å². The van der Waals surface area contributed by atoms with Crippen LogP contribution in [-0.4, -0.2) is 40.3 Å². The number of ether oxygens (including phenoxy) is 1. The fraction of sp³-hybridized carbons (Fsp3) is 0.529. The van der Waals surface area contributed by atoms with Crippen LogP contribution in [-0.2, 0) is 24.5 Å². The Bertz CT molecular complexity index is 890. The van der Waals surface area contributed by atoms with Gasteiger partial charge in [-0.05, 0) is 20.8 Å². The molecule has 29 heavy (non-hydrogen) atoms. The molecule has 0 fully saturated rings. The van der Waals surface area contributed by atoms with Crippen LogP contribution >= 0.6 is 11.3 Å². The summed E-state index contributed by atoms with van der Waals surface area (Å²) in [5.41, 5.74) is -0.374. The van der Waals surface area contributed by atoms with Crippen molar-refractivity contribution in [1.82, 2.24) is 25.4 Å². The molecule has 0 aliphatic rings. The average Bonchev–Trinajstić information content (AvgIpc) is 3.21. The summed E-state index contributed by atoms with van der Waals surface area (Å²) < 4.78 is 45.3. The lowest BCUT2D eigenvalue weighted by atomic mass is 10.2. The number of nitrogens with zero attached hydrogens (tertiary/aromatic N) is 4. The first-order valence-corrected chi connectivity index (χ1v) is 9.59. The van der Waals surface area contributed by atoms with Gasteiger partial charge in [-0.3, -0.25) is 9.67 Å². The lowest BCUT2D eigenvalue weighted by Crippen LogP contribution is -2.38. The van der Waals surface area contributed by atoms with Gasteiger partial charge in [-0.25, -0.2) is 9.78 Å². The molecule has 0 bridgehead atoms. The van der Waals surface area contributed by atoms with Crippen LogP contribution in [0.15, 0.2) is 11.2 Å². The van der Waals surface area contributed by atoms with Gasteiger partial charge >= 0.3 is 12.1 Å². The molecule has 1 atom stereocenters. The molecule has 2 aromatic rings. The fourth-order valence-electron chi connectivity index (χ4n) is 2.53. The number of esters is 1. The van der Waals surface area contributed by atoms with Crippen molar-refractivity contribution >= 4 is 23.3 Å². The van der Waals surface area contributed by atoms with E-state index in [1.807, 2.05) is 6.92 Å². The van der Waals surface area contributed by atoms with Crippen molar-refractivity contribution in [1.29, 1.82) is 0 Å². The Balaban J connectivity index is 2.06. The normalized spacial score (nSPS) is 13.3. The van der Waals surface area contributed by atoms with Gasteiger partial charge in [-0.15, -0.1) is 11.3 Å². The Morgan fingerprint density at radius 3 is 2.72 bits per heavy atom. The second-order valence-electron chi connectivity index (χ2n) is 6.15. The van der Waals surface area contributed by atoms with Gasteiger partial charge in [0.05, 0.1) is 18.3 Å². The Kier molecular flexibility index (Phi) is 7.22. The minimum absolute atomic E-state index is 0.00490. The lowest BCUT2D eigenvalue weighted by molar-refractivity contribution is -0.142. The fourth-order valence-corrected chi connectivity index (χ4v) is 3.50. The zero-order chi connectivity index (χ0) is 21.8. The number of carbonyl (C=O) groups is 1. The predicted octanol–water partition coefficient (Wildman–Crippen LogP) is 2.81. The van der Waals surface area contributed by atoms with E-state index in [1.54, 1.807) is 13.8 Å². The van der Waals surface area contributed by atoms with Crippen molar-refractivity contribution < 1.29 is 22.7 Å². The number of guanidine groups is 1. The number of aliphatic imine (C=N–C) groups is 1. The number of hydrogen-bond acceptors (Lipinski definition) is 6. The molecular weight excluding hydrogens is 409 g/mol. The SMILES string of the molecule is CCOC(=O)c1sc(C(C)NC(=NC)NCc2cn(C)nc2C(F)(F)F)nc1C. The molecule has 0 aliphatic heterocycles. The number of hydrogen-bond donors (Lipinski definition) is 2. The second-order valence-corrected chi connectivity index (χ2v) is 7.18. The first kappa shape index (κ1) is 22.7. The van der Waals surface area contributed by atoms with Gasteiger partial charge in [0.1, 0.15) is 9.88 Å². The van der Waals surface area contributed by atoms with Crippen molar-refractivity contribution in [2.24, 2.45) is 12.0 Å². The highest BCUT2D eigenvalue weighted by atomic mass is 32.1. The van der Waals surface area contributed by atoms with E-state index in [0.29, 0.717) is 21.5 Å². The van der Waals surface area contributed by atoms with Gasteiger partial charge < -0.3 is 15.4 Å². The Hall–Kier alpha value is -2.63. The molecule has 12 heteroatoms. The van der Waals surface area contributed by atoms with Gasteiger partial charge in [0.25, 0.3) is 0 Å². The minimum atomic E-state index is -4.54. The van der Waals surface area contributed by atoms with Gasteiger partial charge in [0, 0.05) is 32.4 Å². The van der Waals surface area contributed by atoms with E-state index in [2.05, 4.69) is 25.7 Å². The number of thiazole rings is 1. The molecule has 2 N–H and O–H groups in total. The molecule has 1 unspecified atom stereocenters. The van der Waals surface area contributed by atoms with Crippen LogP contribution in [0.2, 0.25) is 0 Å². The number of rotatable bonds is 6. The Morgan fingerprint density at radius 1 is 1.45 bits per heavy atom. The molecular formula is C17H23F3N6O2S. The maximum Gasteiger partial charge on any atom is 0.435 e. The summed E-state index contributed by atoms with van der Waals surface area (Å²) in [6, 6.07) is -0.330. The molecule has 0 saturated heterocycles. The van der Waals surface area contributed by atoms with Gasteiger partial charge in [0.2, 0.25) is 0 Å². The summed E-state index contributed by atoms with van der Waals surface area (Å²) in [5, 5.41) is 10.0. The lowest BCUT2D eigenvalue weighted by Gasteiger charge is -2.16. The highest BCUT2D eigenvalue weighted by Crippen LogP contribution is 2.30. The molecule has 0 amide bonds. The third kappa shape index (κ3) is 5.68. The third-order valence-corrected chi connectivity index (χ3v) is 5.16. The first-order chi connectivity index (χ1) is 13.6. The first-order valence-electron chi connectivity index (χ1n) is 8.78. The number of aromatic nitrogens is 3. The van der Waals surface area contributed by atoms with Crippen LogP contribution in [0.5, 0.6) is 0 Å². The summed E-state index contributed by atoms with van der Waals surface area (Å²) >= 11 is 1.20. The monoisotopic (exact) mass is 432 g/mol. The number of alkyl halides is 3. The second kappa shape index (κ2) is 9.25. The summed E-state index contributed by atoms with van der Waals surface area (Å²) in [7, 11) is 2.94. The van der Waals surface area contributed by atoms with Crippen LogP contribution in [0.3, 0.4) is 0 Å². The van der Waals surface area contributed by atoms with Crippen molar-refractivity contribution in [2.45, 2.75) is 39.5 Å². The number of aryl methyl sites for hydroxylation is 2. The topological polar surface area (TPSA) is 93.4 Å². The molecule has 8 nitrogen and oxygen atoms in total. The molecule has 160 valence electrons. The smallest absolute Gasteiger partial charge is 0.435 e. The van der Waals surface area contributed by atoms with E-state index < -0.39 is 17.8 Å². The van der Waals surface area contributed by atoms with Crippen molar-refractivity contribution in [3.8, 4) is 0 Å². The zero-order valence-electron chi connectivity index (χ0n) is 16.7. The summed E-state index contributed by atoms with van der Waals surface area (Å²) in [4.78, 5) is 20.8. The average molecular weight is 432 g/mol. The van der Waals surface area contributed by atoms with E-state index in [9.17, 15) is 18.0 Å². The van der Waals surface area contributed by atoms with Crippen LogP contribution in [0.1, 0.15) is 51.5 Å². The molecule has 2 heterocycles. The molecule has 0 radical (unpaired) electrons. The standard InChI is InChI=1S/C17H23F3N6O2S/c1-6-28-15(27)12-9(2)23-14(29-12)10(3)24-16(21-4)22-7-11-8-26(5)25-13(11)17(18,19)20/h8,10H,6-7H2,1-5H3,(H2,21,22,24). The third-order valence-electron chi connectivity index (χ3n) is 3.84. The quantitative estimate of drug-likeness (QED) is 0.414. The van der Waals surface area contributed by atoms with Gasteiger partial charge in [0.15, 0.2) is 11.7 Å². The zero-order valence-corrected chi connectivity index (χ0v) is 17.5. The van der Waals surface area contributed by atoms with Crippen LogP contribution in [0.4, 0.5) is 13.2 Å². The molecule has 0 aromatic carbocycles. The summed E-state index contributed by atoms with van der Waals surface area (Å²) in [5.74, 6) is -0.139. The minimum Gasteiger partial charge on any atom is -0.462 e. The Morgan fingerprint density at radius 2 is 2.14 bits per heavy atom. The number of halogens is 3. The maximum absolute atomic E-state index is 13.1. The van der Waals surface area contributed by atoms with Crippen LogP contribution in [0, 0.1) is 6.92 Å². The number of carbonyl (C=O) groups excluding carboxylic acids is 1. The maximum atomic E-state index is 13.1. The van der Waals surface area contributed by atoms with Crippen LogP contribution in [0.25, 0.3) is 0 Å². The molecule has 0 spiro atoms. The molecule has 2 aromatic heterocycles. The van der Waals surface area contributed by atoms with Crippen molar-refractivity contribution in [2.75, 3.05) is 13.7 Å². The van der Waals surface area contributed by atoms with Gasteiger partial charge in [-0.1, -0.05) is 0 Å². The summed E-state index contributed by atoms with van der Waals surface area (Å²) in [6.07, 6.45) is -3.23. The molecule has 2 rings (SSSR count). The Labute approximate surface area is 170 Å². The van der Waals surface area contributed by atoms with Crippen molar-refractivity contribution in [3.63, 3.8) is 0 Å². The van der Waals surface area contributed by atoms with E-state index >= 15 is 0 Å². The van der Waals surface area contributed by atoms with E-state index in [4.69, 9.17) is 4.74 Å². The van der Waals surface area contributed by atoms with E-state index in [1.165, 1.54) is 31.6 Å². The molecule has 0 saturated carbocycles. The van der Waals surface area contributed by atoms with E-state index in [0.717, 1.165) is 4.68 Å². The molecule has 0 aliphatic carbocycles. The number of nitrogens with one attached hydrogen (secondary N) is 2. The highest BCUT2D eigenvalue weighted by molar-refractivity contribution is 7.13. The highest BCUT2D eigenvalue weighted by Gasteiger charge is 2.36. The van der Waals surface area contributed by atoms with E-state index in [-0.39, 0.29) is 24.8 Å². The predicted molar refractivity (Wildman–Crippen MR) is 103 cm³/mol. The largest absolute Gasteiger partial charge is 0.462 e. The van der Waals surface area contributed by atoms with Gasteiger partial charge in [-0.2, -0.15) is 18.3 Å². The van der Waals surface area contributed by atoms with Crippen molar-refractivity contribution in [3.05, 3.63) is 33.0 Å².